The van der Waals surface area contributed by atoms with Gasteiger partial charge in [-0.25, -0.2) is 0 Å². The number of carbonyl (C=O) groups is 2. The van der Waals surface area contributed by atoms with Crippen LogP contribution < -0.4 is 24.8 Å². The Morgan fingerprint density at radius 2 is 1.67 bits per heavy atom. The van der Waals surface area contributed by atoms with E-state index >= 15 is 0 Å². The summed E-state index contributed by atoms with van der Waals surface area (Å²) in [6.45, 7) is 2.91. The Kier molecular flexibility index (Phi) is 11.5. The average Bonchev–Trinajstić information content (AvgIpc) is 3.50. The van der Waals surface area contributed by atoms with E-state index in [1.807, 2.05) is 29.2 Å². The van der Waals surface area contributed by atoms with Crippen LogP contribution in [0.1, 0.15) is 47.2 Å². The van der Waals surface area contributed by atoms with Crippen LogP contribution in [0.4, 0.5) is 0 Å². The van der Waals surface area contributed by atoms with Gasteiger partial charge in [-0.05, 0) is 80.2 Å². The molecule has 242 valence electrons. The van der Waals surface area contributed by atoms with Gasteiger partial charge in [0.25, 0.3) is 5.91 Å². The van der Waals surface area contributed by atoms with E-state index in [0.717, 1.165) is 24.2 Å². The van der Waals surface area contributed by atoms with Crippen LogP contribution >= 0.6 is 35.6 Å². The minimum absolute atomic E-state index is 0. The minimum Gasteiger partial charge on any atom is -0.493 e. The zero-order valence-corrected chi connectivity index (χ0v) is 28.0. The van der Waals surface area contributed by atoms with E-state index in [1.54, 1.807) is 30.6 Å². The number of benzene rings is 2. The molecule has 2 fully saturated rings. The van der Waals surface area contributed by atoms with E-state index in [0.29, 0.717) is 78.2 Å². The van der Waals surface area contributed by atoms with Crippen molar-refractivity contribution in [2.24, 2.45) is 0 Å². The van der Waals surface area contributed by atoms with Gasteiger partial charge >= 0.3 is 0 Å². The lowest BCUT2D eigenvalue weighted by molar-refractivity contribution is -0.127. The summed E-state index contributed by atoms with van der Waals surface area (Å²) in [5.41, 5.74) is 1.25. The lowest BCUT2D eigenvalue weighted by Gasteiger charge is -2.37. The fraction of sp³-hybridized carbons (Fsp3) is 0.424. The molecule has 1 unspecified atom stereocenters. The second-order valence-electron chi connectivity index (χ2n) is 11.4. The van der Waals surface area contributed by atoms with Crippen molar-refractivity contribution in [3.8, 4) is 17.2 Å². The number of likely N-dealkylation sites (tertiary alicyclic amines) is 1. The zero-order chi connectivity index (χ0) is 31.3. The molecule has 2 aromatic carbocycles. The van der Waals surface area contributed by atoms with Crippen molar-refractivity contribution in [1.29, 1.82) is 0 Å². The molecule has 2 saturated heterocycles. The SMILES string of the molecule is COc1cc(C(=O)N2CCC(CCNC(=O)C3(c4cccnc4)CCNCC3)(c3ccc(Cl)c(Cl)c3)C2)cc(OC)c1OC.Cl. The van der Waals surface area contributed by atoms with Crippen LogP contribution in [0, 0.1) is 0 Å². The molecule has 0 radical (unpaired) electrons. The Labute approximate surface area is 280 Å². The molecule has 0 aliphatic carbocycles. The van der Waals surface area contributed by atoms with E-state index in [2.05, 4.69) is 15.6 Å². The Morgan fingerprint density at radius 3 is 2.27 bits per heavy atom. The lowest BCUT2D eigenvalue weighted by atomic mass is 9.72. The first-order valence-electron chi connectivity index (χ1n) is 14.7. The Balaban J connectivity index is 0.00000461. The molecule has 1 atom stereocenters. The number of carbonyl (C=O) groups excluding carboxylic acids is 2. The van der Waals surface area contributed by atoms with Crippen LogP contribution in [0.2, 0.25) is 10.0 Å². The molecule has 45 heavy (non-hydrogen) atoms. The number of hydrogen-bond acceptors (Lipinski definition) is 7. The van der Waals surface area contributed by atoms with Crippen molar-refractivity contribution >= 4 is 47.4 Å². The van der Waals surface area contributed by atoms with Crippen LogP contribution in [0.3, 0.4) is 0 Å². The molecule has 0 bridgehead atoms. The highest BCUT2D eigenvalue weighted by Gasteiger charge is 2.44. The van der Waals surface area contributed by atoms with E-state index < -0.39 is 10.8 Å². The number of nitrogens with zero attached hydrogens (tertiary/aromatic N) is 2. The second kappa shape index (κ2) is 14.9. The minimum atomic E-state index is -0.638. The van der Waals surface area contributed by atoms with Gasteiger partial charge in [0.05, 0.1) is 36.8 Å². The van der Waals surface area contributed by atoms with Crippen molar-refractivity contribution in [3.05, 3.63) is 81.6 Å². The molecule has 12 heteroatoms. The number of piperidine rings is 1. The predicted molar refractivity (Wildman–Crippen MR) is 178 cm³/mol. The van der Waals surface area contributed by atoms with Crippen LogP contribution in [0.25, 0.3) is 0 Å². The molecule has 2 aliphatic rings. The molecular formula is C33H39Cl3N4O5. The van der Waals surface area contributed by atoms with Crippen molar-refractivity contribution in [1.82, 2.24) is 20.5 Å². The van der Waals surface area contributed by atoms with E-state index in [9.17, 15) is 9.59 Å². The van der Waals surface area contributed by atoms with Gasteiger partial charge in [0, 0.05) is 43.0 Å². The Hall–Kier alpha value is -3.24. The third-order valence-corrected chi connectivity index (χ3v) is 9.82. The summed E-state index contributed by atoms with van der Waals surface area (Å²) < 4.78 is 16.4. The second-order valence-corrected chi connectivity index (χ2v) is 12.2. The van der Waals surface area contributed by atoms with Gasteiger partial charge in [0.15, 0.2) is 11.5 Å². The fourth-order valence-electron chi connectivity index (χ4n) is 6.57. The topological polar surface area (TPSA) is 102 Å². The molecule has 3 aromatic rings. The first-order valence-corrected chi connectivity index (χ1v) is 15.5. The highest BCUT2D eigenvalue weighted by atomic mass is 35.5. The van der Waals surface area contributed by atoms with Crippen molar-refractivity contribution in [2.75, 3.05) is 54.1 Å². The number of aromatic nitrogens is 1. The first-order chi connectivity index (χ1) is 21.3. The maximum atomic E-state index is 13.9. The van der Waals surface area contributed by atoms with Gasteiger partial charge in [0.2, 0.25) is 11.7 Å². The highest BCUT2D eigenvalue weighted by Crippen LogP contribution is 2.42. The number of rotatable bonds is 10. The van der Waals surface area contributed by atoms with Crippen molar-refractivity contribution < 1.29 is 23.8 Å². The Morgan fingerprint density at radius 1 is 0.956 bits per heavy atom. The third kappa shape index (κ3) is 6.97. The standard InChI is InChI=1S/C33H38Cl2N4O5.ClH/c1-42-27-17-22(18-28(43-2)29(27)44-3)30(40)39-16-11-32(21-39,23-6-7-25(34)26(35)19-23)8-15-38-31(41)33(9-13-36-14-10-33)24-5-4-12-37-20-24;/h4-7,12,17-20,36H,8-11,13-16,21H2,1-3H3,(H,38,41);1H. The third-order valence-electron chi connectivity index (χ3n) is 9.08. The summed E-state index contributed by atoms with van der Waals surface area (Å²) in [7, 11) is 4.57. The fourth-order valence-corrected chi connectivity index (χ4v) is 6.87. The van der Waals surface area contributed by atoms with Gasteiger partial charge in [-0.2, -0.15) is 0 Å². The molecule has 1 aromatic heterocycles. The monoisotopic (exact) mass is 676 g/mol. The van der Waals surface area contributed by atoms with Gasteiger partial charge in [-0.15, -0.1) is 12.4 Å². The number of ether oxygens (including phenoxy) is 3. The average molecular weight is 678 g/mol. The smallest absolute Gasteiger partial charge is 0.254 e. The molecule has 3 heterocycles. The molecule has 5 rings (SSSR count). The van der Waals surface area contributed by atoms with Gasteiger partial charge in [-0.3, -0.25) is 14.6 Å². The van der Waals surface area contributed by atoms with E-state index in [-0.39, 0.29) is 24.2 Å². The molecule has 2 N–H and O–H groups in total. The molecule has 0 saturated carbocycles. The zero-order valence-electron chi connectivity index (χ0n) is 25.7. The van der Waals surface area contributed by atoms with Gasteiger partial charge in [-0.1, -0.05) is 35.3 Å². The number of methoxy groups -OCH3 is 3. The van der Waals surface area contributed by atoms with Crippen LogP contribution in [0.5, 0.6) is 17.2 Å². The number of pyridine rings is 1. The van der Waals surface area contributed by atoms with Gasteiger partial charge in [0.1, 0.15) is 0 Å². The number of halogens is 3. The summed E-state index contributed by atoms with van der Waals surface area (Å²) in [5.74, 6) is 1.09. The number of amides is 2. The lowest BCUT2D eigenvalue weighted by Crippen LogP contribution is -2.51. The summed E-state index contributed by atoms with van der Waals surface area (Å²) in [6.07, 6.45) is 6.21. The number of nitrogens with one attached hydrogen (secondary N) is 2. The quantitative estimate of drug-likeness (QED) is 0.295. The van der Waals surface area contributed by atoms with Crippen molar-refractivity contribution in [2.45, 2.75) is 36.5 Å². The maximum Gasteiger partial charge on any atom is 0.254 e. The summed E-state index contributed by atoms with van der Waals surface area (Å²) in [5, 5.41) is 7.54. The van der Waals surface area contributed by atoms with E-state index in [1.165, 1.54) is 21.3 Å². The predicted octanol–water partition coefficient (Wildman–Crippen LogP) is 5.45. The normalized spacial score (nSPS) is 18.9. The van der Waals surface area contributed by atoms with Crippen LogP contribution in [-0.2, 0) is 15.6 Å². The summed E-state index contributed by atoms with van der Waals surface area (Å²) >= 11 is 12.8. The Bertz CT molecular complexity index is 1480. The van der Waals surface area contributed by atoms with Gasteiger partial charge < -0.3 is 29.7 Å². The summed E-state index contributed by atoms with van der Waals surface area (Å²) in [4.78, 5) is 33.8. The van der Waals surface area contributed by atoms with Crippen molar-refractivity contribution in [3.63, 3.8) is 0 Å². The van der Waals surface area contributed by atoms with Crippen LogP contribution in [0.15, 0.2) is 54.9 Å². The maximum absolute atomic E-state index is 13.9. The number of hydrogen-bond donors (Lipinski definition) is 2. The summed E-state index contributed by atoms with van der Waals surface area (Å²) in [6, 6.07) is 12.8. The molecular weight excluding hydrogens is 639 g/mol. The molecule has 2 aliphatic heterocycles. The molecule has 2 amide bonds. The molecule has 9 nitrogen and oxygen atoms in total. The largest absolute Gasteiger partial charge is 0.493 e. The van der Waals surface area contributed by atoms with E-state index in [4.69, 9.17) is 37.4 Å². The highest BCUT2D eigenvalue weighted by molar-refractivity contribution is 6.42. The first kappa shape index (κ1) is 34.6. The van der Waals surface area contributed by atoms with Crippen LogP contribution in [-0.4, -0.2) is 75.8 Å². The molecule has 0 spiro atoms.